The zero-order chi connectivity index (χ0) is 10.0. The van der Waals surface area contributed by atoms with Gasteiger partial charge in [0.2, 0.25) is 0 Å². The van der Waals surface area contributed by atoms with E-state index in [2.05, 4.69) is 4.90 Å². The molecule has 0 spiro atoms. The highest BCUT2D eigenvalue weighted by atomic mass is 16.4. The summed E-state index contributed by atoms with van der Waals surface area (Å²) in [7, 11) is 1.96. The minimum Gasteiger partial charge on any atom is -0.474 e. The van der Waals surface area contributed by atoms with Crippen molar-refractivity contribution in [3.8, 4) is 0 Å². The van der Waals surface area contributed by atoms with Crippen LogP contribution in [0.3, 0.4) is 0 Å². The molecular weight excluding hydrogens is 172 g/mol. The predicted molar refractivity (Wildman–Crippen MR) is 46.3 cm³/mol. The molecular formula is C8H14N2O3. The fourth-order valence-electron chi connectivity index (χ4n) is 1.56. The molecule has 1 heterocycles. The molecule has 0 aromatic carbocycles. The largest absolute Gasteiger partial charge is 0.474 e. The molecule has 5 heteroatoms. The third-order valence-electron chi connectivity index (χ3n) is 2.27. The average molecular weight is 186 g/mol. The molecule has 5 nitrogen and oxygen atoms in total. The SMILES string of the molecule is CC1CN(C)CCN1C(=O)C(=O)O. The van der Waals surface area contributed by atoms with Gasteiger partial charge in [-0.05, 0) is 14.0 Å². The third kappa shape index (κ3) is 2.18. The molecule has 1 amide bonds. The Bertz CT molecular complexity index is 229. The lowest BCUT2D eigenvalue weighted by molar-refractivity contribution is -0.158. The van der Waals surface area contributed by atoms with Crippen molar-refractivity contribution in [3.63, 3.8) is 0 Å². The summed E-state index contributed by atoms with van der Waals surface area (Å²) in [5, 5.41) is 8.51. The van der Waals surface area contributed by atoms with Gasteiger partial charge in [0, 0.05) is 25.7 Å². The maximum absolute atomic E-state index is 11.1. The summed E-state index contributed by atoms with van der Waals surface area (Å²) in [6, 6.07) is -0.0117. The Morgan fingerprint density at radius 2 is 2.00 bits per heavy atom. The molecule has 1 saturated heterocycles. The fourth-order valence-corrected chi connectivity index (χ4v) is 1.56. The molecule has 13 heavy (non-hydrogen) atoms. The molecule has 1 rings (SSSR count). The topological polar surface area (TPSA) is 60.9 Å². The van der Waals surface area contributed by atoms with Crippen molar-refractivity contribution in [1.29, 1.82) is 0 Å². The summed E-state index contributed by atoms with van der Waals surface area (Å²) in [5.41, 5.74) is 0. The van der Waals surface area contributed by atoms with E-state index < -0.39 is 11.9 Å². The van der Waals surface area contributed by atoms with Crippen LogP contribution in [0.15, 0.2) is 0 Å². The van der Waals surface area contributed by atoms with E-state index in [0.29, 0.717) is 6.54 Å². The molecule has 1 aliphatic rings. The zero-order valence-electron chi connectivity index (χ0n) is 7.86. The Morgan fingerprint density at radius 3 is 2.46 bits per heavy atom. The van der Waals surface area contributed by atoms with Gasteiger partial charge in [0.05, 0.1) is 0 Å². The van der Waals surface area contributed by atoms with E-state index in [-0.39, 0.29) is 6.04 Å². The Morgan fingerprint density at radius 1 is 1.38 bits per heavy atom. The lowest BCUT2D eigenvalue weighted by atomic mass is 10.2. The second kappa shape index (κ2) is 3.74. The molecule has 1 aliphatic heterocycles. The lowest BCUT2D eigenvalue weighted by Crippen LogP contribution is -2.54. The van der Waals surface area contributed by atoms with Crippen LogP contribution in [0.2, 0.25) is 0 Å². The van der Waals surface area contributed by atoms with Crippen LogP contribution in [0.4, 0.5) is 0 Å². The van der Waals surface area contributed by atoms with Crippen LogP contribution in [0.5, 0.6) is 0 Å². The summed E-state index contributed by atoms with van der Waals surface area (Å²) >= 11 is 0. The van der Waals surface area contributed by atoms with E-state index >= 15 is 0 Å². The van der Waals surface area contributed by atoms with Gasteiger partial charge in [-0.25, -0.2) is 4.79 Å². The number of aliphatic carboxylic acids is 1. The lowest BCUT2D eigenvalue weighted by Gasteiger charge is -2.37. The molecule has 1 atom stereocenters. The molecule has 0 bridgehead atoms. The first kappa shape index (κ1) is 9.98. The summed E-state index contributed by atoms with van der Waals surface area (Å²) in [4.78, 5) is 25.0. The number of likely N-dealkylation sites (N-methyl/N-ethyl adjacent to an activating group) is 1. The molecule has 0 aliphatic carbocycles. The quantitative estimate of drug-likeness (QED) is 0.505. The van der Waals surface area contributed by atoms with Crippen molar-refractivity contribution in [3.05, 3.63) is 0 Å². The number of hydrogen-bond acceptors (Lipinski definition) is 3. The number of hydrogen-bond donors (Lipinski definition) is 1. The summed E-state index contributed by atoms with van der Waals surface area (Å²) in [5.74, 6) is -2.16. The second-order valence-electron chi connectivity index (χ2n) is 3.41. The first-order valence-electron chi connectivity index (χ1n) is 4.25. The summed E-state index contributed by atoms with van der Waals surface area (Å²) in [6.07, 6.45) is 0. The van der Waals surface area contributed by atoms with Gasteiger partial charge in [-0.3, -0.25) is 4.79 Å². The Kier molecular flexibility index (Phi) is 2.87. The van der Waals surface area contributed by atoms with Crippen LogP contribution >= 0.6 is 0 Å². The van der Waals surface area contributed by atoms with Crippen LogP contribution in [0, 0.1) is 0 Å². The Labute approximate surface area is 76.9 Å². The maximum Gasteiger partial charge on any atom is 0.394 e. The van der Waals surface area contributed by atoms with Gasteiger partial charge in [0.25, 0.3) is 0 Å². The van der Waals surface area contributed by atoms with Gasteiger partial charge in [0.15, 0.2) is 0 Å². The van der Waals surface area contributed by atoms with E-state index in [1.807, 2.05) is 14.0 Å². The highest BCUT2D eigenvalue weighted by Crippen LogP contribution is 2.07. The number of carbonyl (C=O) groups is 2. The summed E-state index contributed by atoms with van der Waals surface area (Å²) in [6.45, 7) is 3.84. The van der Waals surface area contributed by atoms with Crippen LogP contribution < -0.4 is 0 Å². The molecule has 0 aromatic rings. The van der Waals surface area contributed by atoms with E-state index in [1.54, 1.807) is 0 Å². The van der Waals surface area contributed by atoms with Gasteiger partial charge in [-0.2, -0.15) is 0 Å². The molecule has 1 fully saturated rings. The van der Waals surface area contributed by atoms with Gasteiger partial charge in [0.1, 0.15) is 0 Å². The van der Waals surface area contributed by atoms with Crippen molar-refractivity contribution in [2.45, 2.75) is 13.0 Å². The van der Waals surface area contributed by atoms with Gasteiger partial charge in [-0.15, -0.1) is 0 Å². The monoisotopic (exact) mass is 186 g/mol. The van der Waals surface area contributed by atoms with E-state index in [9.17, 15) is 9.59 Å². The number of carboxylic acids is 1. The number of piperazine rings is 1. The van der Waals surface area contributed by atoms with E-state index in [4.69, 9.17) is 5.11 Å². The fraction of sp³-hybridized carbons (Fsp3) is 0.750. The Hall–Kier alpha value is -1.10. The minimum atomic E-state index is -1.36. The van der Waals surface area contributed by atoms with Crippen LogP contribution in [0.25, 0.3) is 0 Å². The van der Waals surface area contributed by atoms with Gasteiger partial charge < -0.3 is 14.9 Å². The standard InChI is InChI=1S/C8H14N2O3/c1-6-5-9(2)3-4-10(6)7(11)8(12)13/h6H,3-5H2,1-2H3,(H,12,13). The van der Waals surface area contributed by atoms with E-state index in [1.165, 1.54) is 4.90 Å². The smallest absolute Gasteiger partial charge is 0.394 e. The number of carboxylic acid groups (broad SMARTS) is 1. The average Bonchev–Trinajstić information content (AvgIpc) is 2.03. The van der Waals surface area contributed by atoms with Crippen LogP contribution in [-0.4, -0.2) is 59.5 Å². The number of amides is 1. The molecule has 0 radical (unpaired) electrons. The van der Waals surface area contributed by atoms with Crippen molar-refractivity contribution < 1.29 is 14.7 Å². The van der Waals surface area contributed by atoms with Crippen molar-refractivity contribution >= 4 is 11.9 Å². The minimum absolute atomic E-state index is 0.0117. The number of nitrogens with zero attached hydrogens (tertiary/aromatic N) is 2. The summed E-state index contributed by atoms with van der Waals surface area (Å²) < 4.78 is 0. The molecule has 74 valence electrons. The van der Waals surface area contributed by atoms with Gasteiger partial charge in [-0.1, -0.05) is 0 Å². The van der Waals surface area contributed by atoms with Gasteiger partial charge >= 0.3 is 11.9 Å². The number of rotatable bonds is 0. The van der Waals surface area contributed by atoms with Crippen LogP contribution in [0.1, 0.15) is 6.92 Å². The molecule has 1 N–H and O–H groups in total. The van der Waals surface area contributed by atoms with E-state index in [0.717, 1.165) is 13.1 Å². The first-order valence-corrected chi connectivity index (χ1v) is 4.25. The molecule has 0 aromatic heterocycles. The zero-order valence-corrected chi connectivity index (χ0v) is 7.86. The maximum atomic E-state index is 11.1. The van der Waals surface area contributed by atoms with Crippen molar-refractivity contribution in [2.75, 3.05) is 26.7 Å². The normalized spacial score (nSPS) is 24.5. The van der Waals surface area contributed by atoms with Crippen molar-refractivity contribution in [1.82, 2.24) is 9.80 Å². The molecule has 0 saturated carbocycles. The highest BCUT2D eigenvalue weighted by molar-refractivity contribution is 6.31. The highest BCUT2D eigenvalue weighted by Gasteiger charge is 2.29. The second-order valence-corrected chi connectivity index (χ2v) is 3.41. The predicted octanol–water partition coefficient (Wildman–Crippen LogP) is -0.766. The number of carbonyl (C=O) groups excluding carboxylic acids is 1. The molecule has 1 unspecified atom stereocenters. The van der Waals surface area contributed by atoms with Crippen LogP contribution in [-0.2, 0) is 9.59 Å². The van der Waals surface area contributed by atoms with Crippen molar-refractivity contribution in [2.24, 2.45) is 0 Å². The first-order chi connectivity index (χ1) is 6.02. The Balaban J connectivity index is 2.61. The third-order valence-corrected chi connectivity index (χ3v) is 2.27.